The van der Waals surface area contributed by atoms with Crippen LogP contribution in [0.2, 0.25) is 0 Å². The number of hydrogen-bond donors (Lipinski definition) is 2. The van der Waals surface area contributed by atoms with Crippen molar-refractivity contribution >= 4 is 27.2 Å². The third kappa shape index (κ3) is 3.07. The molecule has 1 saturated heterocycles. The average molecular weight is 383 g/mol. The van der Waals surface area contributed by atoms with Crippen molar-refractivity contribution in [2.75, 3.05) is 23.7 Å². The Morgan fingerprint density at radius 3 is 2.81 bits per heavy atom. The minimum atomic E-state index is -4.57. The van der Waals surface area contributed by atoms with Gasteiger partial charge in [-0.1, -0.05) is 11.3 Å². The second kappa shape index (κ2) is 6.09. The van der Waals surface area contributed by atoms with Crippen LogP contribution < -0.4 is 16.4 Å². The number of aromatic nitrogens is 4. The van der Waals surface area contributed by atoms with Crippen LogP contribution in [0, 0.1) is 0 Å². The van der Waals surface area contributed by atoms with Crippen molar-refractivity contribution < 1.29 is 13.2 Å². The first-order valence-corrected chi connectivity index (χ1v) is 8.83. The predicted octanol–water partition coefficient (Wildman–Crippen LogP) is 2.38. The third-order valence-corrected chi connectivity index (χ3v) is 5.26. The van der Waals surface area contributed by atoms with E-state index in [1.165, 1.54) is 17.5 Å². The van der Waals surface area contributed by atoms with Crippen LogP contribution in [-0.4, -0.2) is 38.7 Å². The minimum Gasteiger partial charge on any atom is -0.383 e. The first-order valence-electron chi connectivity index (χ1n) is 8.01. The van der Waals surface area contributed by atoms with Gasteiger partial charge in [-0.05, 0) is 18.9 Å². The summed E-state index contributed by atoms with van der Waals surface area (Å²) < 4.78 is 40.6. The molecular formula is C15H16F3N7S. The number of rotatable bonds is 2. The maximum absolute atomic E-state index is 13.0. The topological polar surface area (TPSA) is 98.4 Å². The van der Waals surface area contributed by atoms with Crippen LogP contribution in [-0.2, 0) is 6.18 Å². The molecule has 1 unspecified atom stereocenters. The summed E-state index contributed by atoms with van der Waals surface area (Å²) in [5.41, 5.74) is 11.0. The smallest absolute Gasteiger partial charge is 0.383 e. The highest BCUT2D eigenvalue weighted by atomic mass is 32.1. The number of piperidine rings is 1. The monoisotopic (exact) mass is 383 g/mol. The molecule has 4 heterocycles. The van der Waals surface area contributed by atoms with Gasteiger partial charge in [-0.2, -0.15) is 13.2 Å². The number of nitrogens with zero attached hydrogens (tertiary/aromatic N) is 5. The van der Waals surface area contributed by atoms with Gasteiger partial charge < -0.3 is 16.4 Å². The molecule has 0 amide bonds. The van der Waals surface area contributed by atoms with Gasteiger partial charge in [0, 0.05) is 30.9 Å². The van der Waals surface area contributed by atoms with Crippen LogP contribution in [0.15, 0.2) is 18.5 Å². The molecule has 0 aliphatic carbocycles. The lowest BCUT2D eigenvalue weighted by Gasteiger charge is -2.29. The molecule has 0 spiro atoms. The molecule has 1 fully saturated rings. The van der Waals surface area contributed by atoms with Crippen molar-refractivity contribution in [2.24, 2.45) is 5.73 Å². The summed E-state index contributed by atoms with van der Waals surface area (Å²) >= 11 is 1.38. The van der Waals surface area contributed by atoms with E-state index in [1.807, 2.05) is 0 Å². The molecule has 1 aliphatic rings. The summed E-state index contributed by atoms with van der Waals surface area (Å²) in [5.74, 6) is -0.552. The molecule has 26 heavy (non-hydrogen) atoms. The summed E-state index contributed by atoms with van der Waals surface area (Å²) in [4.78, 5) is 10.7. The van der Waals surface area contributed by atoms with Crippen molar-refractivity contribution in [1.29, 1.82) is 0 Å². The number of alkyl halides is 3. The average Bonchev–Trinajstić information content (AvgIpc) is 3.13. The Kier molecular flexibility index (Phi) is 3.99. The van der Waals surface area contributed by atoms with Crippen molar-refractivity contribution in [3.8, 4) is 11.3 Å². The van der Waals surface area contributed by atoms with Gasteiger partial charge in [0.15, 0.2) is 0 Å². The van der Waals surface area contributed by atoms with Crippen molar-refractivity contribution in [3.05, 3.63) is 24.0 Å². The first-order chi connectivity index (χ1) is 12.3. The van der Waals surface area contributed by atoms with E-state index in [4.69, 9.17) is 11.5 Å². The molecule has 1 atom stereocenters. The van der Waals surface area contributed by atoms with E-state index in [2.05, 4.69) is 20.0 Å². The van der Waals surface area contributed by atoms with E-state index in [0.717, 1.165) is 37.1 Å². The highest BCUT2D eigenvalue weighted by Gasteiger charge is 2.34. The molecular weight excluding hydrogens is 367 g/mol. The predicted molar refractivity (Wildman–Crippen MR) is 92.9 cm³/mol. The zero-order valence-electron chi connectivity index (χ0n) is 13.6. The van der Waals surface area contributed by atoms with Crippen molar-refractivity contribution in [2.45, 2.75) is 25.1 Å². The fraction of sp³-hybridized carbons (Fsp3) is 0.400. The molecule has 4 rings (SSSR count). The zero-order valence-corrected chi connectivity index (χ0v) is 14.4. The molecule has 11 heteroatoms. The highest BCUT2D eigenvalue weighted by molar-refractivity contribution is 7.20. The van der Waals surface area contributed by atoms with Crippen LogP contribution in [0.25, 0.3) is 16.2 Å². The summed E-state index contributed by atoms with van der Waals surface area (Å²) in [6.45, 7) is 1.62. The Morgan fingerprint density at radius 2 is 2.12 bits per heavy atom. The second-order valence-electron chi connectivity index (χ2n) is 6.24. The van der Waals surface area contributed by atoms with Crippen LogP contribution in [0.3, 0.4) is 0 Å². The van der Waals surface area contributed by atoms with Gasteiger partial charge >= 0.3 is 6.18 Å². The lowest BCUT2D eigenvalue weighted by Crippen LogP contribution is -2.42. The van der Waals surface area contributed by atoms with Crippen LogP contribution in [0.5, 0.6) is 0 Å². The number of halogens is 3. The van der Waals surface area contributed by atoms with E-state index >= 15 is 0 Å². The molecule has 4 N–H and O–H groups in total. The molecule has 1 aliphatic heterocycles. The molecule has 0 aromatic carbocycles. The molecule has 0 saturated carbocycles. The van der Waals surface area contributed by atoms with Gasteiger partial charge in [0.25, 0.3) is 0 Å². The Hall–Kier alpha value is -2.40. The Bertz CT molecular complexity index is 917. The fourth-order valence-electron chi connectivity index (χ4n) is 2.98. The van der Waals surface area contributed by atoms with Gasteiger partial charge in [0.1, 0.15) is 5.82 Å². The normalized spacial score (nSPS) is 18.6. The maximum atomic E-state index is 13.0. The number of nitrogens with two attached hydrogens (primary N) is 2. The Morgan fingerprint density at radius 1 is 1.31 bits per heavy atom. The molecule has 138 valence electrons. The number of hydrogen-bond acceptors (Lipinski definition) is 7. The Labute approximate surface area is 150 Å². The molecule has 0 radical (unpaired) electrons. The summed E-state index contributed by atoms with van der Waals surface area (Å²) in [7, 11) is 0. The molecule has 7 nitrogen and oxygen atoms in total. The van der Waals surface area contributed by atoms with E-state index in [9.17, 15) is 13.2 Å². The van der Waals surface area contributed by atoms with Crippen molar-refractivity contribution in [1.82, 2.24) is 19.6 Å². The first kappa shape index (κ1) is 17.0. The number of fused-ring (bicyclic) bond motifs is 1. The SMILES string of the molecule is Nc1ncc(-c2cn3nc(N4CCCC(N)C4)sc3n2)cc1C(F)(F)F. The highest BCUT2D eigenvalue weighted by Crippen LogP contribution is 2.35. The van der Waals surface area contributed by atoms with E-state index in [1.54, 1.807) is 10.7 Å². The number of imidazole rings is 1. The lowest BCUT2D eigenvalue weighted by atomic mass is 10.1. The summed E-state index contributed by atoms with van der Waals surface area (Å²) in [6.07, 6.45) is 0.303. The maximum Gasteiger partial charge on any atom is 0.419 e. The largest absolute Gasteiger partial charge is 0.419 e. The van der Waals surface area contributed by atoms with E-state index in [0.29, 0.717) is 10.7 Å². The van der Waals surface area contributed by atoms with Gasteiger partial charge in [0.2, 0.25) is 10.1 Å². The summed E-state index contributed by atoms with van der Waals surface area (Å²) in [6, 6.07) is 1.08. The van der Waals surface area contributed by atoms with Crippen molar-refractivity contribution in [3.63, 3.8) is 0 Å². The van der Waals surface area contributed by atoms with E-state index in [-0.39, 0.29) is 11.6 Å². The number of pyridine rings is 1. The number of anilines is 2. The lowest BCUT2D eigenvalue weighted by molar-refractivity contribution is -0.137. The van der Waals surface area contributed by atoms with Gasteiger partial charge in [-0.25, -0.2) is 14.5 Å². The van der Waals surface area contributed by atoms with Gasteiger partial charge in [-0.3, -0.25) is 0 Å². The third-order valence-electron chi connectivity index (χ3n) is 4.28. The van der Waals surface area contributed by atoms with Crippen LogP contribution in [0.1, 0.15) is 18.4 Å². The molecule has 3 aromatic rings. The van der Waals surface area contributed by atoms with Gasteiger partial charge in [0.05, 0.1) is 17.5 Å². The number of nitrogen functional groups attached to an aromatic ring is 1. The quantitative estimate of drug-likeness (QED) is 0.705. The zero-order chi connectivity index (χ0) is 18.5. The molecule has 0 bridgehead atoms. The summed E-state index contributed by atoms with van der Waals surface area (Å²) in [5, 5.41) is 5.29. The van der Waals surface area contributed by atoms with E-state index < -0.39 is 17.6 Å². The minimum absolute atomic E-state index is 0.122. The van der Waals surface area contributed by atoms with Gasteiger partial charge in [-0.15, -0.1) is 5.10 Å². The Balaban J connectivity index is 1.66. The van der Waals surface area contributed by atoms with Crippen LogP contribution in [0.4, 0.5) is 24.1 Å². The standard InChI is InChI=1S/C15H16F3N7S/c16-15(17,18)10-4-8(5-21-12(10)20)11-7-25-13(22-11)26-14(23-25)24-3-1-2-9(19)6-24/h4-5,7,9H,1-3,6,19H2,(H2,20,21). The second-order valence-corrected chi connectivity index (χ2v) is 7.18. The molecule has 3 aromatic heterocycles. The van der Waals surface area contributed by atoms with Crippen LogP contribution >= 0.6 is 11.3 Å². The fourth-order valence-corrected chi connectivity index (χ4v) is 3.90.